The third-order valence-corrected chi connectivity index (χ3v) is 9.23. The van der Waals surface area contributed by atoms with Gasteiger partial charge in [0, 0.05) is 18.3 Å². The summed E-state index contributed by atoms with van der Waals surface area (Å²) in [6.45, 7) is 5.92. The Kier molecular flexibility index (Phi) is 3.81. The van der Waals surface area contributed by atoms with Crippen molar-refractivity contribution in [3.8, 4) is 0 Å². The van der Waals surface area contributed by atoms with Crippen molar-refractivity contribution in [2.24, 2.45) is 34.5 Å². The fourth-order valence-corrected chi connectivity index (χ4v) is 7.68. The van der Waals surface area contributed by atoms with Gasteiger partial charge in [0.1, 0.15) is 11.4 Å². The second kappa shape index (κ2) is 5.39. The molecule has 0 heterocycles. The highest BCUT2D eigenvalue weighted by Gasteiger charge is 2.67. The lowest BCUT2D eigenvalue weighted by Gasteiger charge is -2.61. The van der Waals surface area contributed by atoms with Crippen molar-refractivity contribution in [2.75, 3.05) is 0 Å². The van der Waals surface area contributed by atoms with Crippen LogP contribution in [0.2, 0.25) is 0 Å². The molecule has 0 aromatic rings. The number of Topliss-reactive ketones (excluding diaryl/α,β-unsaturated/α-hetero) is 2. The molecule has 140 valence electrons. The van der Waals surface area contributed by atoms with Gasteiger partial charge in [-0.25, -0.2) is 0 Å². The first kappa shape index (κ1) is 17.7. The van der Waals surface area contributed by atoms with E-state index in [4.69, 9.17) is 0 Å². The normalized spacial score (nSPS) is 55.2. The molecule has 0 amide bonds. The van der Waals surface area contributed by atoms with E-state index in [-0.39, 0.29) is 22.5 Å². The second-order valence-electron chi connectivity index (χ2n) is 9.95. The zero-order chi connectivity index (χ0) is 18.2. The molecule has 0 bridgehead atoms. The quantitative estimate of drug-likeness (QED) is 0.764. The Labute approximate surface area is 150 Å². The molecule has 8 atom stereocenters. The summed E-state index contributed by atoms with van der Waals surface area (Å²) in [5.41, 5.74) is -1.55. The Bertz CT molecular complexity index is 615. The van der Waals surface area contributed by atoms with Crippen LogP contribution in [-0.4, -0.2) is 33.5 Å². The van der Waals surface area contributed by atoms with E-state index in [1.54, 1.807) is 0 Å². The van der Waals surface area contributed by atoms with Gasteiger partial charge in [0.2, 0.25) is 0 Å². The number of carbonyl (C=O) groups is 2. The standard InChI is InChI=1S/C21H32O4/c1-12(22)21(25)9-6-16-14-11-18(24)17-10-13(23)4-7-19(17,2)15(14)5-8-20(16,21)3/h14-18,24-25H,4-11H2,1-3H3/t14-,15+,16+,17-,18+,19-,20+,21+/m1/s1. The summed E-state index contributed by atoms with van der Waals surface area (Å²) >= 11 is 0. The minimum Gasteiger partial charge on any atom is -0.393 e. The highest BCUT2D eigenvalue weighted by atomic mass is 16.3. The molecule has 2 N–H and O–H groups in total. The molecule has 0 saturated heterocycles. The molecule has 4 aliphatic rings. The highest BCUT2D eigenvalue weighted by Crippen LogP contribution is 2.68. The van der Waals surface area contributed by atoms with Crippen LogP contribution in [0.5, 0.6) is 0 Å². The molecule has 25 heavy (non-hydrogen) atoms. The first-order valence-electron chi connectivity index (χ1n) is 10.1. The Hall–Kier alpha value is -0.740. The average Bonchev–Trinajstić information content (AvgIpc) is 2.83. The Balaban J connectivity index is 1.69. The molecular formula is C21H32O4. The van der Waals surface area contributed by atoms with Crippen molar-refractivity contribution in [1.82, 2.24) is 0 Å². The smallest absolute Gasteiger partial charge is 0.161 e. The van der Waals surface area contributed by atoms with E-state index in [2.05, 4.69) is 13.8 Å². The summed E-state index contributed by atoms with van der Waals surface area (Å²) in [7, 11) is 0. The highest BCUT2D eigenvalue weighted by molar-refractivity contribution is 5.86. The summed E-state index contributed by atoms with van der Waals surface area (Å²) in [5, 5.41) is 22.0. The summed E-state index contributed by atoms with van der Waals surface area (Å²) in [6.07, 6.45) is 5.66. The predicted octanol–water partition coefficient (Wildman–Crippen LogP) is 2.89. The fraction of sp³-hybridized carbons (Fsp3) is 0.905. The Morgan fingerprint density at radius 3 is 2.44 bits per heavy atom. The van der Waals surface area contributed by atoms with Crippen LogP contribution in [0.15, 0.2) is 0 Å². The molecule has 0 radical (unpaired) electrons. The second-order valence-corrected chi connectivity index (χ2v) is 9.95. The molecule has 4 fully saturated rings. The number of ketones is 2. The number of hydrogen-bond acceptors (Lipinski definition) is 4. The van der Waals surface area contributed by atoms with Crippen LogP contribution in [0.25, 0.3) is 0 Å². The number of fused-ring (bicyclic) bond motifs is 5. The molecule has 0 aliphatic heterocycles. The summed E-state index contributed by atoms with van der Waals surface area (Å²) in [6, 6.07) is 0. The Morgan fingerprint density at radius 1 is 1.08 bits per heavy atom. The van der Waals surface area contributed by atoms with Gasteiger partial charge in [-0.2, -0.15) is 0 Å². The minimum atomic E-state index is -1.20. The van der Waals surface area contributed by atoms with Crippen molar-refractivity contribution in [3.05, 3.63) is 0 Å². The van der Waals surface area contributed by atoms with E-state index in [0.717, 1.165) is 32.1 Å². The topological polar surface area (TPSA) is 74.6 Å². The zero-order valence-electron chi connectivity index (χ0n) is 15.8. The minimum absolute atomic E-state index is 0.0223. The van der Waals surface area contributed by atoms with Gasteiger partial charge in [0.05, 0.1) is 6.10 Å². The molecule has 4 rings (SSSR count). The van der Waals surface area contributed by atoms with Gasteiger partial charge in [0.15, 0.2) is 5.78 Å². The fourth-order valence-electron chi connectivity index (χ4n) is 7.68. The van der Waals surface area contributed by atoms with Crippen molar-refractivity contribution >= 4 is 11.6 Å². The lowest BCUT2D eigenvalue weighted by Crippen LogP contribution is -2.60. The van der Waals surface area contributed by atoms with Gasteiger partial charge in [-0.3, -0.25) is 9.59 Å². The van der Waals surface area contributed by atoms with Crippen LogP contribution in [0.1, 0.15) is 72.1 Å². The number of aliphatic hydroxyl groups is 2. The molecule has 4 heteroatoms. The average molecular weight is 348 g/mol. The molecule has 0 unspecified atom stereocenters. The third kappa shape index (κ3) is 2.13. The summed E-state index contributed by atoms with van der Waals surface area (Å²) in [4.78, 5) is 24.2. The lowest BCUT2D eigenvalue weighted by molar-refractivity contribution is -0.184. The van der Waals surface area contributed by atoms with Crippen LogP contribution >= 0.6 is 0 Å². The van der Waals surface area contributed by atoms with Gasteiger partial charge in [-0.15, -0.1) is 0 Å². The number of carbonyl (C=O) groups excluding carboxylic acids is 2. The monoisotopic (exact) mass is 348 g/mol. The van der Waals surface area contributed by atoms with Crippen molar-refractivity contribution in [2.45, 2.75) is 83.8 Å². The zero-order valence-corrected chi connectivity index (χ0v) is 15.8. The van der Waals surface area contributed by atoms with Crippen molar-refractivity contribution in [3.63, 3.8) is 0 Å². The lowest BCUT2D eigenvalue weighted by atomic mass is 9.43. The molecule has 0 aromatic carbocycles. The first-order valence-corrected chi connectivity index (χ1v) is 10.1. The first-order chi connectivity index (χ1) is 11.6. The number of rotatable bonds is 1. The van der Waals surface area contributed by atoms with Crippen molar-refractivity contribution < 1.29 is 19.8 Å². The Morgan fingerprint density at radius 2 is 1.76 bits per heavy atom. The van der Waals surface area contributed by atoms with E-state index in [1.165, 1.54) is 6.92 Å². The largest absolute Gasteiger partial charge is 0.393 e. The van der Waals surface area contributed by atoms with Gasteiger partial charge in [-0.05, 0) is 74.5 Å². The molecule has 4 nitrogen and oxygen atoms in total. The van der Waals surface area contributed by atoms with Gasteiger partial charge < -0.3 is 10.2 Å². The molecule has 0 aromatic heterocycles. The van der Waals surface area contributed by atoms with Crippen LogP contribution in [0.4, 0.5) is 0 Å². The van der Waals surface area contributed by atoms with Gasteiger partial charge in [-0.1, -0.05) is 13.8 Å². The van der Waals surface area contributed by atoms with Gasteiger partial charge >= 0.3 is 0 Å². The van der Waals surface area contributed by atoms with Crippen molar-refractivity contribution in [1.29, 1.82) is 0 Å². The van der Waals surface area contributed by atoms with Crippen LogP contribution in [-0.2, 0) is 9.59 Å². The maximum atomic E-state index is 12.2. The molecule has 4 aliphatic carbocycles. The number of aliphatic hydroxyl groups excluding tert-OH is 1. The maximum Gasteiger partial charge on any atom is 0.161 e. The van der Waals surface area contributed by atoms with E-state index in [9.17, 15) is 19.8 Å². The summed E-state index contributed by atoms with van der Waals surface area (Å²) in [5.74, 6) is 1.45. The molecule has 4 saturated carbocycles. The third-order valence-electron chi connectivity index (χ3n) is 9.23. The van der Waals surface area contributed by atoms with Crippen LogP contribution < -0.4 is 0 Å². The van der Waals surface area contributed by atoms with Crippen LogP contribution in [0, 0.1) is 34.5 Å². The molecular weight excluding hydrogens is 316 g/mol. The molecule has 0 spiro atoms. The summed E-state index contributed by atoms with van der Waals surface area (Å²) < 4.78 is 0. The van der Waals surface area contributed by atoms with E-state index in [1.807, 2.05) is 0 Å². The number of hydrogen-bond donors (Lipinski definition) is 2. The van der Waals surface area contributed by atoms with Crippen LogP contribution in [0.3, 0.4) is 0 Å². The van der Waals surface area contributed by atoms with Gasteiger partial charge in [0.25, 0.3) is 0 Å². The van der Waals surface area contributed by atoms with E-state index >= 15 is 0 Å². The van der Waals surface area contributed by atoms with E-state index in [0.29, 0.717) is 42.8 Å². The predicted molar refractivity (Wildman–Crippen MR) is 93.8 cm³/mol. The SMILES string of the molecule is CC(=O)[C@@]1(O)CC[C@H]2[C@@H]3C[C@H](O)[C@H]4CC(=O)CC[C@]4(C)[C@H]3CC[C@@]21C. The van der Waals surface area contributed by atoms with E-state index < -0.39 is 11.7 Å². The maximum absolute atomic E-state index is 12.2.